The Hall–Kier alpha value is -3.58. The number of benzene rings is 1. The lowest BCUT2D eigenvalue weighted by atomic mass is 9.89. The van der Waals surface area contributed by atoms with Gasteiger partial charge < -0.3 is 20.1 Å². The van der Waals surface area contributed by atoms with Crippen molar-refractivity contribution < 1.29 is 14.3 Å². The molecular formula is C23H18ClFN4O2. The number of carboxylic acid groups (broad SMARTS) is 1. The maximum Gasteiger partial charge on any atom is 0.352 e. The molecule has 6 nitrogen and oxygen atoms in total. The van der Waals surface area contributed by atoms with Gasteiger partial charge in [0.05, 0.1) is 10.7 Å². The summed E-state index contributed by atoms with van der Waals surface area (Å²) >= 11 is 6.56. The lowest BCUT2D eigenvalue weighted by Crippen LogP contribution is -2.01. The molecule has 0 spiro atoms. The Labute approximate surface area is 181 Å². The number of halogens is 2. The summed E-state index contributed by atoms with van der Waals surface area (Å²) in [6.07, 6.45) is 4.97. The average Bonchev–Trinajstić information content (AvgIpc) is 3.44. The molecule has 0 fully saturated rings. The molecule has 0 saturated heterocycles. The van der Waals surface area contributed by atoms with Crippen LogP contribution in [-0.4, -0.2) is 31.0 Å². The fourth-order valence-corrected chi connectivity index (χ4v) is 4.55. The second kappa shape index (κ2) is 6.99. The Balaban J connectivity index is 1.94. The molecule has 0 aliphatic carbocycles. The molecule has 0 unspecified atom stereocenters. The summed E-state index contributed by atoms with van der Waals surface area (Å²) in [6.45, 7) is 3.94. The Kier molecular flexibility index (Phi) is 4.37. The minimum atomic E-state index is -1.12. The molecular weight excluding hydrogens is 419 g/mol. The highest BCUT2D eigenvalue weighted by Gasteiger charge is 2.29. The Morgan fingerprint density at radius 1 is 1.13 bits per heavy atom. The van der Waals surface area contributed by atoms with Gasteiger partial charge in [-0.25, -0.2) is 14.2 Å². The summed E-state index contributed by atoms with van der Waals surface area (Å²) in [7, 11) is 0. The number of nitrogens with zero attached hydrogens (tertiary/aromatic N) is 1. The predicted molar refractivity (Wildman–Crippen MR) is 119 cm³/mol. The molecule has 5 aromatic rings. The first kappa shape index (κ1) is 19.4. The van der Waals surface area contributed by atoms with E-state index in [1.165, 1.54) is 18.3 Å². The van der Waals surface area contributed by atoms with Crippen LogP contribution >= 0.6 is 11.6 Å². The number of aromatic amines is 3. The fourth-order valence-electron chi connectivity index (χ4n) is 4.30. The molecule has 8 heteroatoms. The van der Waals surface area contributed by atoms with Crippen LogP contribution in [0.25, 0.3) is 44.3 Å². The molecule has 31 heavy (non-hydrogen) atoms. The van der Waals surface area contributed by atoms with Crippen molar-refractivity contribution in [3.63, 3.8) is 0 Å². The Morgan fingerprint density at radius 3 is 2.61 bits per heavy atom. The van der Waals surface area contributed by atoms with Gasteiger partial charge in [0, 0.05) is 51.6 Å². The first-order valence-corrected chi connectivity index (χ1v) is 10.1. The molecule has 0 bridgehead atoms. The lowest BCUT2D eigenvalue weighted by Gasteiger charge is -2.14. The van der Waals surface area contributed by atoms with E-state index in [0.29, 0.717) is 44.0 Å². The Bertz CT molecular complexity index is 1480. The van der Waals surface area contributed by atoms with Crippen molar-refractivity contribution in [2.45, 2.75) is 19.8 Å². The number of hydrogen-bond donors (Lipinski definition) is 4. The SMILES string of the molecule is CC(C)c1c(-c2cc(F)cc3[nH]ccc23)[nH]c(C(=O)O)c1-c1c(Cl)cnc2[nH]ccc12. The molecule has 1 aromatic carbocycles. The molecule has 4 aromatic heterocycles. The van der Waals surface area contributed by atoms with Crippen LogP contribution in [0.3, 0.4) is 0 Å². The van der Waals surface area contributed by atoms with Crippen molar-refractivity contribution in [1.29, 1.82) is 0 Å². The summed E-state index contributed by atoms with van der Waals surface area (Å²) in [5, 5.41) is 11.9. The van der Waals surface area contributed by atoms with Crippen LogP contribution in [-0.2, 0) is 0 Å². The van der Waals surface area contributed by atoms with Crippen molar-refractivity contribution in [3.05, 3.63) is 65.0 Å². The molecule has 0 aliphatic heterocycles. The van der Waals surface area contributed by atoms with Gasteiger partial charge in [0.1, 0.15) is 17.2 Å². The van der Waals surface area contributed by atoms with E-state index in [-0.39, 0.29) is 11.6 Å². The third-order valence-electron chi connectivity index (χ3n) is 5.52. The van der Waals surface area contributed by atoms with Gasteiger partial charge in [-0.1, -0.05) is 25.4 Å². The van der Waals surface area contributed by atoms with E-state index in [1.807, 2.05) is 26.0 Å². The van der Waals surface area contributed by atoms with Gasteiger partial charge in [0.15, 0.2) is 0 Å². The number of rotatable bonds is 4. The van der Waals surface area contributed by atoms with Crippen LogP contribution in [0.4, 0.5) is 4.39 Å². The van der Waals surface area contributed by atoms with E-state index in [1.54, 1.807) is 12.4 Å². The van der Waals surface area contributed by atoms with E-state index in [0.717, 1.165) is 10.9 Å². The zero-order valence-electron chi connectivity index (χ0n) is 16.7. The molecule has 156 valence electrons. The number of aromatic nitrogens is 4. The third-order valence-corrected chi connectivity index (χ3v) is 5.81. The van der Waals surface area contributed by atoms with E-state index < -0.39 is 11.8 Å². The van der Waals surface area contributed by atoms with Crippen LogP contribution in [0.5, 0.6) is 0 Å². The first-order chi connectivity index (χ1) is 14.9. The summed E-state index contributed by atoms with van der Waals surface area (Å²) in [4.78, 5) is 25.7. The van der Waals surface area contributed by atoms with Gasteiger partial charge in [-0.2, -0.15) is 0 Å². The number of carbonyl (C=O) groups is 1. The van der Waals surface area contributed by atoms with Crippen LogP contribution in [0, 0.1) is 5.82 Å². The van der Waals surface area contributed by atoms with Crippen molar-refractivity contribution in [2.24, 2.45) is 0 Å². The van der Waals surface area contributed by atoms with E-state index in [9.17, 15) is 14.3 Å². The predicted octanol–water partition coefficient (Wildman–Crippen LogP) is 6.32. The number of pyridine rings is 1. The van der Waals surface area contributed by atoms with E-state index in [2.05, 4.69) is 19.9 Å². The van der Waals surface area contributed by atoms with Gasteiger partial charge in [0.25, 0.3) is 0 Å². The molecule has 0 aliphatic rings. The van der Waals surface area contributed by atoms with Gasteiger partial charge >= 0.3 is 5.97 Å². The number of carboxylic acids is 1. The number of hydrogen-bond acceptors (Lipinski definition) is 2. The fraction of sp³-hybridized carbons (Fsp3) is 0.130. The lowest BCUT2D eigenvalue weighted by molar-refractivity contribution is 0.0692. The van der Waals surface area contributed by atoms with Crippen molar-refractivity contribution in [3.8, 4) is 22.4 Å². The summed E-state index contributed by atoms with van der Waals surface area (Å²) in [5.41, 5.74) is 4.20. The normalized spacial score (nSPS) is 11.8. The van der Waals surface area contributed by atoms with E-state index >= 15 is 0 Å². The van der Waals surface area contributed by atoms with Crippen LogP contribution in [0.1, 0.15) is 35.8 Å². The number of aromatic carboxylic acids is 1. The van der Waals surface area contributed by atoms with Crippen LogP contribution in [0.15, 0.2) is 42.9 Å². The summed E-state index contributed by atoms with van der Waals surface area (Å²) < 4.78 is 14.4. The largest absolute Gasteiger partial charge is 0.477 e. The van der Waals surface area contributed by atoms with Crippen molar-refractivity contribution >= 4 is 39.5 Å². The summed E-state index contributed by atoms with van der Waals surface area (Å²) in [6, 6.07) is 6.50. The standard InChI is InChI=1S/C23H18ClFN4O2/c1-10(2)17-19(18-13-4-6-27-22(13)28-9-15(18)24)21(23(30)31)29-20(17)14-7-11(25)8-16-12(14)3-5-26-16/h3-10,26,29H,1-2H3,(H,27,28)(H,30,31). The zero-order valence-corrected chi connectivity index (χ0v) is 17.4. The molecule has 0 amide bonds. The number of H-pyrrole nitrogens is 3. The number of fused-ring (bicyclic) bond motifs is 2. The molecule has 0 radical (unpaired) electrons. The monoisotopic (exact) mass is 436 g/mol. The molecule has 5 rings (SSSR count). The van der Waals surface area contributed by atoms with Crippen molar-refractivity contribution in [1.82, 2.24) is 19.9 Å². The maximum absolute atomic E-state index is 14.4. The third kappa shape index (κ3) is 2.92. The maximum atomic E-state index is 14.4. The molecule has 4 N–H and O–H groups in total. The van der Waals surface area contributed by atoms with Crippen molar-refractivity contribution in [2.75, 3.05) is 0 Å². The highest BCUT2D eigenvalue weighted by molar-refractivity contribution is 6.35. The van der Waals surface area contributed by atoms with Gasteiger partial charge in [-0.3, -0.25) is 0 Å². The quantitative estimate of drug-likeness (QED) is 0.265. The highest BCUT2D eigenvalue weighted by Crippen LogP contribution is 2.45. The second-order valence-corrected chi connectivity index (χ2v) is 8.14. The van der Waals surface area contributed by atoms with Gasteiger partial charge in [-0.15, -0.1) is 0 Å². The van der Waals surface area contributed by atoms with Crippen LogP contribution < -0.4 is 0 Å². The minimum absolute atomic E-state index is 0.00208. The van der Waals surface area contributed by atoms with Gasteiger partial charge in [-0.05, 0) is 35.7 Å². The smallest absolute Gasteiger partial charge is 0.352 e. The van der Waals surface area contributed by atoms with Gasteiger partial charge in [0.2, 0.25) is 0 Å². The average molecular weight is 437 g/mol. The Morgan fingerprint density at radius 2 is 1.87 bits per heavy atom. The molecule has 0 atom stereocenters. The topological polar surface area (TPSA) is 97.6 Å². The first-order valence-electron chi connectivity index (χ1n) is 9.75. The zero-order chi connectivity index (χ0) is 21.9. The number of nitrogens with one attached hydrogen (secondary N) is 3. The highest BCUT2D eigenvalue weighted by atomic mass is 35.5. The second-order valence-electron chi connectivity index (χ2n) is 7.74. The van der Waals surface area contributed by atoms with E-state index in [4.69, 9.17) is 11.6 Å². The minimum Gasteiger partial charge on any atom is -0.477 e. The van der Waals surface area contributed by atoms with Crippen LogP contribution in [0.2, 0.25) is 5.02 Å². The molecule has 4 heterocycles. The summed E-state index contributed by atoms with van der Waals surface area (Å²) in [5.74, 6) is -1.62. The molecule has 0 saturated carbocycles.